The van der Waals surface area contributed by atoms with Gasteiger partial charge in [-0.2, -0.15) is 0 Å². The summed E-state index contributed by atoms with van der Waals surface area (Å²) in [5.41, 5.74) is 5.64. The van der Waals surface area contributed by atoms with Gasteiger partial charge in [-0.05, 0) is 69.4 Å². The molecular formula is C15H22O3S. The molecule has 0 aliphatic heterocycles. The zero-order valence-corrected chi connectivity index (χ0v) is 13.5. The molecule has 0 saturated carbocycles. The average molecular weight is 282 g/mol. The summed E-state index contributed by atoms with van der Waals surface area (Å²) in [6.07, 6.45) is 1.11. The lowest BCUT2D eigenvalue weighted by atomic mass is 9.87. The molecule has 0 radical (unpaired) electrons. The Bertz CT molecular complexity index is 611. The Kier molecular flexibility index (Phi) is 4.25. The van der Waals surface area contributed by atoms with E-state index in [1.165, 1.54) is 12.5 Å². The fraction of sp³-hybridized carbons (Fsp3) is 0.533. The molecule has 0 aliphatic carbocycles. The SMILES string of the molecule is Cc1c(C)c(C)c(C(=O)C(C)S(C)(=O)=O)c(C)c1C. The third kappa shape index (κ3) is 2.73. The van der Waals surface area contributed by atoms with E-state index < -0.39 is 15.1 Å². The van der Waals surface area contributed by atoms with Gasteiger partial charge in [0.1, 0.15) is 5.25 Å². The molecule has 0 aromatic heterocycles. The molecule has 1 unspecified atom stereocenters. The molecule has 106 valence electrons. The highest BCUT2D eigenvalue weighted by Gasteiger charge is 2.28. The van der Waals surface area contributed by atoms with Gasteiger partial charge in [0.05, 0.1) is 0 Å². The van der Waals surface area contributed by atoms with Crippen molar-refractivity contribution in [2.45, 2.75) is 46.8 Å². The van der Waals surface area contributed by atoms with Gasteiger partial charge in [0, 0.05) is 11.8 Å². The van der Waals surface area contributed by atoms with Gasteiger partial charge in [0.15, 0.2) is 15.6 Å². The first kappa shape index (κ1) is 15.9. The maximum absolute atomic E-state index is 12.5. The Hall–Kier alpha value is -1.16. The van der Waals surface area contributed by atoms with Crippen molar-refractivity contribution in [3.8, 4) is 0 Å². The molecule has 0 spiro atoms. The second-order valence-corrected chi connectivity index (χ2v) is 7.70. The molecular weight excluding hydrogens is 260 g/mol. The summed E-state index contributed by atoms with van der Waals surface area (Å²) < 4.78 is 23.2. The second kappa shape index (κ2) is 5.08. The predicted octanol–water partition coefficient (Wildman–Crippen LogP) is 2.84. The van der Waals surface area contributed by atoms with Crippen LogP contribution >= 0.6 is 0 Å². The van der Waals surface area contributed by atoms with E-state index in [4.69, 9.17) is 0 Å². The summed E-state index contributed by atoms with van der Waals surface area (Å²) in [6, 6.07) is 0. The molecule has 0 N–H and O–H groups in total. The van der Waals surface area contributed by atoms with Gasteiger partial charge in [0.2, 0.25) is 0 Å². The molecule has 0 bridgehead atoms. The van der Waals surface area contributed by atoms with Crippen LogP contribution in [0.15, 0.2) is 0 Å². The Morgan fingerprint density at radius 2 is 1.16 bits per heavy atom. The number of sulfone groups is 1. The molecule has 0 heterocycles. The van der Waals surface area contributed by atoms with Crippen LogP contribution in [0, 0.1) is 34.6 Å². The molecule has 4 heteroatoms. The first-order valence-corrected chi connectivity index (χ1v) is 8.25. The molecule has 19 heavy (non-hydrogen) atoms. The van der Waals surface area contributed by atoms with Crippen LogP contribution in [0.2, 0.25) is 0 Å². The van der Waals surface area contributed by atoms with Gasteiger partial charge in [-0.25, -0.2) is 8.42 Å². The fourth-order valence-corrected chi connectivity index (χ4v) is 2.77. The number of hydrogen-bond donors (Lipinski definition) is 0. The summed E-state index contributed by atoms with van der Waals surface area (Å²) in [6.45, 7) is 11.2. The molecule has 3 nitrogen and oxygen atoms in total. The zero-order valence-electron chi connectivity index (χ0n) is 12.7. The van der Waals surface area contributed by atoms with Crippen LogP contribution in [0.3, 0.4) is 0 Å². The minimum atomic E-state index is -3.37. The lowest BCUT2D eigenvalue weighted by molar-refractivity contribution is 0.0990. The van der Waals surface area contributed by atoms with Crippen molar-refractivity contribution in [3.05, 3.63) is 33.4 Å². The molecule has 1 aromatic rings. The number of Topliss-reactive ketones (excluding diaryl/α,β-unsaturated/α-hetero) is 1. The highest BCUT2D eigenvalue weighted by molar-refractivity contribution is 7.92. The van der Waals surface area contributed by atoms with E-state index in [9.17, 15) is 13.2 Å². The predicted molar refractivity (Wildman–Crippen MR) is 78.8 cm³/mol. The van der Waals surface area contributed by atoms with Crippen molar-refractivity contribution in [3.63, 3.8) is 0 Å². The van der Waals surface area contributed by atoms with Crippen molar-refractivity contribution in [1.29, 1.82) is 0 Å². The highest BCUT2D eigenvalue weighted by atomic mass is 32.2. The zero-order chi connectivity index (χ0) is 15.1. The molecule has 1 atom stereocenters. The Morgan fingerprint density at radius 3 is 1.47 bits per heavy atom. The van der Waals surface area contributed by atoms with Crippen molar-refractivity contribution in [2.24, 2.45) is 0 Å². The van der Waals surface area contributed by atoms with E-state index in [1.807, 2.05) is 34.6 Å². The smallest absolute Gasteiger partial charge is 0.181 e. The monoisotopic (exact) mass is 282 g/mol. The highest BCUT2D eigenvalue weighted by Crippen LogP contribution is 2.27. The summed E-state index contributed by atoms with van der Waals surface area (Å²) in [5.74, 6) is -0.302. The van der Waals surface area contributed by atoms with Crippen molar-refractivity contribution in [1.82, 2.24) is 0 Å². The topological polar surface area (TPSA) is 51.2 Å². The van der Waals surface area contributed by atoms with Gasteiger partial charge in [-0.1, -0.05) is 0 Å². The van der Waals surface area contributed by atoms with Crippen LogP contribution < -0.4 is 0 Å². The quantitative estimate of drug-likeness (QED) is 0.801. The first-order valence-electron chi connectivity index (χ1n) is 6.30. The van der Waals surface area contributed by atoms with E-state index in [2.05, 4.69) is 0 Å². The van der Waals surface area contributed by atoms with E-state index in [0.717, 1.165) is 28.5 Å². The number of carbonyl (C=O) groups is 1. The molecule has 0 amide bonds. The maximum Gasteiger partial charge on any atom is 0.181 e. The number of rotatable bonds is 3. The molecule has 0 fully saturated rings. The minimum Gasteiger partial charge on any atom is -0.293 e. The van der Waals surface area contributed by atoms with E-state index >= 15 is 0 Å². The van der Waals surface area contributed by atoms with Crippen molar-refractivity contribution < 1.29 is 13.2 Å². The number of carbonyl (C=O) groups excluding carboxylic acids is 1. The Labute approximate surface area is 116 Å². The Morgan fingerprint density at radius 1 is 0.842 bits per heavy atom. The minimum absolute atomic E-state index is 0.302. The number of ketones is 1. The van der Waals surface area contributed by atoms with Gasteiger partial charge in [0.25, 0.3) is 0 Å². The normalized spacial score (nSPS) is 13.4. The maximum atomic E-state index is 12.5. The molecule has 0 saturated heterocycles. The molecule has 1 aromatic carbocycles. The van der Waals surface area contributed by atoms with Gasteiger partial charge in [-0.15, -0.1) is 0 Å². The number of hydrogen-bond acceptors (Lipinski definition) is 3. The second-order valence-electron chi connectivity index (χ2n) is 5.34. The number of benzene rings is 1. The largest absolute Gasteiger partial charge is 0.293 e. The van der Waals surface area contributed by atoms with E-state index in [1.54, 1.807) is 0 Å². The first-order chi connectivity index (χ1) is 8.50. The van der Waals surface area contributed by atoms with E-state index in [0.29, 0.717) is 5.56 Å². The van der Waals surface area contributed by atoms with Crippen molar-refractivity contribution >= 4 is 15.6 Å². The van der Waals surface area contributed by atoms with E-state index in [-0.39, 0.29) is 5.78 Å². The fourth-order valence-electron chi connectivity index (χ4n) is 2.27. The van der Waals surface area contributed by atoms with Crippen LogP contribution in [0.1, 0.15) is 45.1 Å². The molecule has 0 aliphatic rings. The van der Waals surface area contributed by atoms with Crippen LogP contribution in [-0.2, 0) is 9.84 Å². The third-order valence-electron chi connectivity index (χ3n) is 4.26. The third-order valence-corrected chi connectivity index (χ3v) is 5.76. The van der Waals surface area contributed by atoms with Crippen LogP contribution in [0.25, 0.3) is 0 Å². The molecule has 1 rings (SSSR count). The van der Waals surface area contributed by atoms with Crippen molar-refractivity contribution in [2.75, 3.05) is 6.26 Å². The van der Waals surface area contributed by atoms with Crippen LogP contribution in [-0.4, -0.2) is 25.7 Å². The summed E-state index contributed by atoms with van der Waals surface area (Å²) in [4.78, 5) is 12.5. The lowest BCUT2D eigenvalue weighted by Crippen LogP contribution is -2.28. The van der Waals surface area contributed by atoms with Crippen LogP contribution in [0.4, 0.5) is 0 Å². The lowest BCUT2D eigenvalue weighted by Gasteiger charge is -2.19. The average Bonchev–Trinajstić information content (AvgIpc) is 2.31. The van der Waals surface area contributed by atoms with Gasteiger partial charge in [-0.3, -0.25) is 4.79 Å². The summed E-state index contributed by atoms with van der Waals surface area (Å²) >= 11 is 0. The summed E-state index contributed by atoms with van der Waals surface area (Å²) in [7, 11) is -3.37. The van der Waals surface area contributed by atoms with Gasteiger partial charge >= 0.3 is 0 Å². The standard InChI is InChI=1S/C15H22O3S/c1-8-9(2)11(4)14(12(5)10(8)3)15(16)13(6)19(7,17)18/h13H,1-7H3. The Balaban J connectivity index is 3.58. The summed E-state index contributed by atoms with van der Waals surface area (Å²) in [5, 5.41) is -0.994. The van der Waals surface area contributed by atoms with Gasteiger partial charge < -0.3 is 0 Å². The van der Waals surface area contributed by atoms with Crippen LogP contribution in [0.5, 0.6) is 0 Å².